The predicted octanol–water partition coefficient (Wildman–Crippen LogP) is 0.747. The first-order valence-electron chi connectivity index (χ1n) is 5.98. The van der Waals surface area contributed by atoms with E-state index in [0.717, 1.165) is 0 Å². The van der Waals surface area contributed by atoms with Gasteiger partial charge in [0.05, 0.1) is 0 Å². The van der Waals surface area contributed by atoms with Crippen molar-refractivity contribution >= 4 is 10.2 Å². The Balaban J connectivity index is 4.67. The van der Waals surface area contributed by atoms with E-state index in [0.29, 0.717) is 18.5 Å². The largest absolute Gasteiger partial charge is 0.310 e. The normalized spacial score (nSPS) is 15.2. The second-order valence-corrected chi connectivity index (χ2v) is 7.49. The Morgan fingerprint density at radius 2 is 1.53 bits per heavy atom. The Labute approximate surface area is 106 Å². The van der Waals surface area contributed by atoms with Crippen LogP contribution in [0, 0.1) is 5.92 Å². The standard InChI is InChI=1S/C11H27N3O2S/c1-9(2)11(12-10(3)4)8-14(7)17(15,16)13(5)6/h9-12H,8H2,1-7H3/t11-/m1/s1. The van der Waals surface area contributed by atoms with Crippen molar-refractivity contribution in [1.82, 2.24) is 13.9 Å². The third-order valence-corrected chi connectivity index (χ3v) is 4.52. The summed E-state index contributed by atoms with van der Waals surface area (Å²) in [6.45, 7) is 8.80. The highest BCUT2D eigenvalue weighted by Gasteiger charge is 2.25. The fourth-order valence-corrected chi connectivity index (χ4v) is 2.44. The Morgan fingerprint density at radius 3 is 1.82 bits per heavy atom. The maximum absolute atomic E-state index is 11.9. The SMILES string of the molecule is CC(C)N[C@H](CN(C)S(=O)(=O)N(C)C)C(C)C. The van der Waals surface area contributed by atoms with Gasteiger partial charge in [0.25, 0.3) is 10.2 Å². The summed E-state index contributed by atoms with van der Waals surface area (Å²) >= 11 is 0. The minimum atomic E-state index is -3.31. The lowest BCUT2D eigenvalue weighted by Crippen LogP contribution is -2.49. The molecule has 1 atom stereocenters. The molecule has 0 aliphatic heterocycles. The smallest absolute Gasteiger partial charge is 0.281 e. The van der Waals surface area contributed by atoms with Gasteiger partial charge in [-0.2, -0.15) is 17.0 Å². The van der Waals surface area contributed by atoms with Crippen LogP contribution < -0.4 is 5.32 Å². The van der Waals surface area contributed by atoms with Crippen molar-refractivity contribution in [3.63, 3.8) is 0 Å². The Morgan fingerprint density at radius 1 is 1.06 bits per heavy atom. The van der Waals surface area contributed by atoms with Gasteiger partial charge >= 0.3 is 0 Å². The van der Waals surface area contributed by atoms with Crippen molar-refractivity contribution in [2.24, 2.45) is 5.92 Å². The van der Waals surface area contributed by atoms with Crippen LogP contribution in [0.25, 0.3) is 0 Å². The summed E-state index contributed by atoms with van der Waals surface area (Å²) in [5.41, 5.74) is 0. The van der Waals surface area contributed by atoms with Crippen LogP contribution in [-0.4, -0.2) is 56.8 Å². The number of rotatable bonds is 7. The number of nitrogens with one attached hydrogen (secondary N) is 1. The molecular formula is C11H27N3O2S. The van der Waals surface area contributed by atoms with Crippen molar-refractivity contribution in [2.45, 2.75) is 39.8 Å². The van der Waals surface area contributed by atoms with Crippen LogP contribution in [0.1, 0.15) is 27.7 Å². The Bertz CT molecular complexity index is 313. The number of hydrogen-bond acceptors (Lipinski definition) is 3. The summed E-state index contributed by atoms with van der Waals surface area (Å²) in [6.07, 6.45) is 0. The average molecular weight is 265 g/mol. The van der Waals surface area contributed by atoms with E-state index in [1.54, 1.807) is 21.1 Å². The monoisotopic (exact) mass is 265 g/mol. The zero-order valence-electron chi connectivity index (χ0n) is 12.1. The van der Waals surface area contributed by atoms with Gasteiger partial charge in [-0.1, -0.05) is 27.7 Å². The van der Waals surface area contributed by atoms with Gasteiger partial charge in [-0.25, -0.2) is 0 Å². The zero-order chi connectivity index (χ0) is 13.8. The Kier molecular flexibility index (Phi) is 6.61. The molecule has 0 fully saturated rings. The number of likely N-dealkylation sites (N-methyl/N-ethyl adjacent to an activating group) is 1. The number of hydrogen-bond donors (Lipinski definition) is 1. The summed E-state index contributed by atoms with van der Waals surface area (Å²) in [6, 6.07) is 0.507. The van der Waals surface area contributed by atoms with Gasteiger partial charge in [0.15, 0.2) is 0 Å². The topological polar surface area (TPSA) is 52.7 Å². The van der Waals surface area contributed by atoms with Gasteiger partial charge < -0.3 is 5.32 Å². The molecule has 104 valence electrons. The summed E-state index contributed by atoms with van der Waals surface area (Å²) in [7, 11) is 1.40. The van der Waals surface area contributed by atoms with Crippen LogP contribution in [0.15, 0.2) is 0 Å². The minimum Gasteiger partial charge on any atom is -0.310 e. The van der Waals surface area contributed by atoms with Crippen LogP contribution >= 0.6 is 0 Å². The molecule has 0 radical (unpaired) electrons. The first kappa shape index (κ1) is 16.8. The zero-order valence-corrected chi connectivity index (χ0v) is 12.9. The molecule has 0 spiro atoms. The second kappa shape index (κ2) is 6.68. The van der Waals surface area contributed by atoms with E-state index in [4.69, 9.17) is 0 Å². The number of nitrogens with zero attached hydrogens (tertiary/aromatic N) is 2. The summed E-state index contributed by atoms with van der Waals surface area (Å²) in [4.78, 5) is 0. The molecule has 0 bridgehead atoms. The molecule has 17 heavy (non-hydrogen) atoms. The fourth-order valence-electron chi connectivity index (χ4n) is 1.53. The van der Waals surface area contributed by atoms with E-state index < -0.39 is 10.2 Å². The van der Waals surface area contributed by atoms with Crippen molar-refractivity contribution in [1.29, 1.82) is 0 Å². The first-order valence-corrected chi connectivity index (χ1v) is 7.38. The highest BCUT2D eigenvalue weighted by atomic mass is 32.2. The van der Waals surface area contributed by atoms with E-state index in [-0.39, 0.29) is 6.04 Å². The molecule has 6 heteroatoms. The maximum atomic E-state index is 11.9. The molecule has 0 aromatic rings. The molecule has 0 heterocycles. The molecular weight excluding hydrogens is 238 g/mol. The lowest BCUT2D eigenvalue weighted by molar-refractivity contribution is 0.303. The molecule has 0 aromatic carbocycles. The molecule has 0 rings (SSSR count). The quantitative estimate of drug-likeness (QED) is 0.739. The van der Waals surface area contributed by atoms with Crippen molar-refractivity contribution in [2.75, 3.05) is 27.7 Å². The molecule has 1 N–H and O–H groups in total. The van der Waals surface area contributed by atoms with Crippen LogP contribution in [-0.2, 0) is 10.2 Å². The molecule has 0 aliphatic carbocycles. The summed E-state index contributed by atoms with van der Waals surface area (Å²) in [5, 5.41) is 3.40. The molecule has 0 saturated carbocycles. The lowest BCUT2D eigenvalue weighted by Gasteiger charge is -2.30. The van der Waals surface area contributed by atoms with Crippen molar-refractivity contribution in [3.05, 3.63) is 0 Å². The summed E-state index contributed by atoms with van der Waals surface area (Å²) in [5.74, 6) is 0.386. The van der Waals surface area contributed by atoms with Gasteiger partial charge in [-0.05, 0) is 5.92 Å². The van der Waals surface area contributed by atoms with Crippen LogP contribution in [0.5, 0.6) is 0 Å². The fraction of sp³-hybridized carbons (Fsp3) is 1.00. The highest BCUT2D eigenvalue weighted by Crippen LogP contribution is 2.08. The van der Waals surface area contributed by atoms with E-state index in [1.807, 2.05) is 0 Å². The van der Waals surface area contributed by atoms with Crippen LogP contribution in [0.2, 0.25) is 0 Å². The molecule has 5 nitrogen and oxygen atoms in total. The van der Waals surface area contributed by atoms with Gasteiger partial charge in [0.2, 0.25) is 0 Å². The maximum Gasteiger partial charge on any atom is 0.281 e. The van der Waals surface area contributed by atoms with E-state index in [9.17, 15) is 8.42 Å². The van der Waals surface area contributed by atoms with Gasteiger partial charge in [-0.15, -0.1) is 0 Å². The molecule has 0 aromatic heterocycles. The molecule has 0 unspecified atom stereocenters. The summed E-state index contributed by atoms with van der Waals surface area (Å²) < 4.78 is 26.4. The van der Waals surface area contributed by atoms with Gasteiger partial charge in [0.1, 0.15) is 0 Å². The van der Waals surface area contributed by atoms with Crippen LogP contribution in [0.4, 0.5) is 0 Å². The molecule has 0 amide bonds. The van der Waals surface area contributed by atoms with Gasteiger partial charge in [0, 0.05) is 39.8 Å². The lowest BCUT2D eigenvalue weighted by atomic mass is 10.0. The third-order valence-electron chi connectivity index (χ3n) is 2.66. The predicted molar refractivity (Wildman–Crippen MR) is 72.1 cm³/mol. The van der Waals surface area contributed by atoms with Crippen LogP contribution in [0.3, 0.4) is 0 Å². The third kappa shape index (κ3) is 5.33. The van der Waals surface area contributed by atoms with E-state index >= 15 is 0 Å². The van der Waals surface area contributed by atoms with E-state index in [2.05, 4.69) is 33.0 Å². The average Bonchev–Trinajstić information content (AvgIpc) is 2.15. The minimum absolute atomic E-state index is 0.162. The van der Waals surface area contributed by atoms with Crippen molar-refractivity contribution in [3.8, 4) is 0 Å². The van der Waals surface area contributed by atoms with E-state index in [1.165, 1.54) is 8.61 Å². The van der Waals surface area contributed by atoms with Crippen molar-refractivity contribution < 1.29 is 8.42 Å². The van der Waals surface area contributed by atoms with Gasteiger partial charge in [-0.3, -0.25) is 0 Å². The molecule has 0 saturated heterocycles. The second-order valence-electron chi connectivity index (χ2n) is 5.24. The highest BCUT2D eigenvalue weighted by molar-refractivity contribution is 7.86. The first-order chi connectivity index (χ1) is 7.59. The Hall–Kier alpha value is -0.170. The molecule has 0 aliphatic rings.